The Morgan fingerprint density at radius 3 is 1.38 bits per heavy atom. The zero-order valence-electron chi connectivity index (χ0n) is 14.3. The number of hydrogen-bond acceptors (Lipinski definition) is 5. The van der Waals surface area contributed by atoms with Gasteiger partial charge >= 0.3 is 0 Å². The molecule has 0 aliphatic carbocycles. The highest BCUT2D eigenvalue weighted by atomic mass is 16.5. The molecule has 0 rings (SSSR count). The molecule has 0 aromatic carbocycles. The smallest absolute Gasteiger partial charge is 0.0701 e. The molecule has 0 amide bonds. The maximum absolute atomic E-state index is 8.26. The van der Waals surface area contributed by atoms with Gasteiger partial charge in [0, 0.05) is 0 Å². The lowest BCUT2D eigenvalue weighted by Gasteiger charge is -2.17. The maximum Gasteiger partial charge on any atom is 0.0701 e. The predicted molar refractivity (Wildman–Crippen MR) is 85.6 cm³/mol. The molecule has 2 unspecified atom stereocenters. The number of ether oxygens (including phenoxy) is 3. The van der Waals surface area contributed by atoms with Crippen LogP contribution in [0.1, 0.15) is 53.4 Å². The lowest BCUT2D eigenvalue weighted by molar-refractivity contribution is -0.000491. The van der Waals surface area contributed by atoms with Crippen molar-refractivity contribution in [3.63, 3.8) is 0 Å². The topological polar surface area (TPSA) is 68.2 Å². The minimum atomic E-state index is 0.0417. The molecule has 2 N–H and O–H groups in total. The van der Waals surface area contributed by atoms with Crippen LogP contribution in [0.2, 0.25) is 0 Å². The zero-order chi connectivity index (χ0) is 16.3. The van der Waals surface area contributed by atoms with Gasteiger partial charge in [0.15, 0.2) is 0 Å². The molecule has 0 aliphatic heterocycles. The van der Waals surface area contributed by atoms with Crippen LogP contribution < -0.4 is 0 Å². The fraction of sp³-hybridized carbons (Fsp3) is 1.00. The highest BCUT2D eigenvalue weighted by Crippen LogP contribution is 2.08. The Morgan fingerprint density at radius 2 is 1.10 bits per heavy atom. The van der Waals surface area contributed by atoms with Gasteiger partial charge < -0.3 is 24.4 Å². The number of hydrogen-bond donors (Lipinski definition) is 2. The fourth-order valence-corrected chi connectivity index (χ4v) is 1.80. The standard InChI is InChI=1S/C10H22O.C6H14O4/c1-5-7-9(3)11-10(4)8-6-2;7-1-3-9-5-6-10-4-2-8/h9-10H,5-8H2,1-4H3;7-8H,1-6H2. The Hall–Kier alpha value is -0.200. The molecule has 5 heteroatoms. The van der Waals surface area contributed by atoms with Gasteiger partial charge in [-0.25, -0.2) is 0 Å². The second kappa shape index (κ2) is 19.8. The monoisotopic (exact) mass is 308 g/mol. The van der Waals surface area contributed by atoms with Crippen LogP contribution in [0, 0.1) is 0 Å². The van der Waals surface area contributed by atoms with Gasteiger partial charge in [-0.1, -0.05) is 26.7 Å². The second-order valence-corrected chi connectivity index (χ2v) is 5.01. The third-order valence-electron chi connectivity index (χ3n) is 2.70. The summed E-state index contributed by atoms with van der Waals surface area (Å²) in [7, 11) is 0. The molecule has 5 nitrogen and oxygen atoms in total. The normalized spacial score (nSPS) is 13.4. The Balaban J connectivity index is 0. The summed E-state index contributed by atoms with van der Waals surface area (Å²) in [4.78, 5) is 0. The third kappa shape index (κ3) is 22.2. The van der Waals surface area contributed by atoms with E-state index in [4.69, 9.17) is 24.4 Å². The van der Waals surface area contributed by atoms with Gasteiger partial charge in [0.2, 0.25) is 0 Å². The number of aliphatic hydroxyl groups excluding tert-OH is 2. The van der Waals surface area contributed by atoms with Crippen molar-refractivity contribution in [1.82, 2.24) is 0 Å². The average molecular weight is 308 g/mol. The first kappa shape index (κ1) is 23.1. The Bertz CT molecular complexity index is 160. The lowest BCUT2D eigenvalue weighted by Crippen LogP contribution is -2.16. The summed E-state index contributed by atoms with van der Waals surface area (Å²) in [5.74, 6) is 0. The first-order valence-electron chi connectivity index (χ1n) is 8.14. The van der Waals surface area contributed by atoms with Crippen LogP contribution in [0.4, 0.5) is 0 Å². The molecular weight excluding hydrogens is 272 g/mol. The molecule has 0 heterocycles. The van der Waals surface area contributed by atoms with Crippen molar-refractivity contribution in [3.05, 3.63) is 0 Å². The average Bonchev–Trinajstić information content (AvgIpc) is 2.44. The molecule has 0 aliphatic rings. The molecule has 21 heavy (non-hydrogen) atoms. The minimum absolute atomic E-state index is 0.0417. The predicted octanol–water partition coefficient (Wildman–Crippen LogP) is 2.38. The van der Waals surface area contributed by atoms with Gasteiger partial charge in [-0.05, 0) is 26.7 Å². The molecule has 2 atom stereocenters. The summed E-state index contributed by atoms with van der Waals surface area (Å²) in [6.07, 6.45) is 5.71. The summed E-state index contributed by atoms with van der Waals surface area (Å²) < 4.78 is 15.5. The summed E-state index contributed by atoms with van der Waals surface area (Å²) >= 11 is 0. The van der Waals surface area contributed by atoms with Crippen molar-refractivity contribution in [3.8, 4) is 0 Å². The summed E-state index contributed by atoms with van der Waals surface area (Å²) in [5.41, 5.74) is 0. The van der Waals surface area contributed by atoms with Crippen LogP contribution >= 0.6 is 0 Å². The minimum Gasteiger partial charge on any atom is -0.394 e. The third-order valence-corrected chi connectivity index (χ3v) is 2.70. The summed E-state index contributed by atoms with van der Waals surface area (Å²) in [6.45, 7) is 10.5. The molecule has 130 valence electrons. The summed E-state index contributed by atoms with van der Waals surface area (Å²) in [5, 5.41) is 16.5. The number of rotatable bonds is 13. The van der Waals surface area contributed by atoms with Gasteiger partial charge in [-0.2, -0.15) is 0 Å². The van der Waals surface area contributed by atoms with E-state index in [-0.39, 0.29) is 13.2 Å². The van der Waals surface area contributed by atoms with E-state index in [0.29, 0.717) is 38.6 Å². The van der Waals surface area contributed by atoms with Gasteiger partial charge in [-0.3, -0.25) is 0 Å². The van der Waals surface area contributed by atoms with Crippen LogP contribution in [-0.4, -0.2) is 62.1 Å². The molecule has 0 saturated heterocycles. The van der Waals surface area contributed by atoms with Crippen LogP contribution in [0.25, 0.3) is 0 Å². The lowest BCUT2D eigenvalue weighted by atomic mass is 10.2. The Morgan fingerprint density at radius 1 is 0.714 bits per heavy atom. The van der Waals surface area contributed by atoms with Crippen LogP contribution in [-0.2, 0) is 14.2 Å². The maximum atomic E-state index is 8.26. The van der Waals surface area contributed by atoms with E-state index in [1.165, 1.54) is 25.7 Å². The van der Waals surface area contributed by atoms with Gasteiger partial charge in [0.25, 0.3) is 0 Å². The molecule has 0 bridgehead atoms. The van der Waals surface area contributed by atoms with Crippen molar-refractivity contribution in [2.24, 2.45) is 0 Å². The molecule has 0 aromatic heterocycles. The van der Waals surface area contributed by atoms with Gasteiger partial charge in [0.1, 0.15) is 0 Å². The summed E-state index contributed by atoms with van der Waals surface area (Å²) in [6, 6.07) is 0. The van der Waals surface area contributed by atoms with Crippen molar-refractivity contribution >= 4 is 0 Å². The molecule has 0 spiro atoms. The quantitative estimate of drug-likeness (QED) is 0.511. The molecular formula is C16H36O5. The van der Waals surface area contributed by atoms with E-state index in [0.717, 1.165) is 0 Å². The van der Waals surface area contributed by atoms with Crippen molar-refractivity contribution in [2.75, 3.05) is 39.6 Å². The largest absolute Gasteiger partial charge is 0.394 e. The van der Waals surface area contributed by atoms with E-state index in [1.54, 1.807) is 0 Å². The van der Waals surface area contributed by atoms with Crippen molar-refractivity contribution in [1.29, 1.82) is 0 Å². The molecule has 0 radical (unpaired) electrons. The molecule has 0 fully saturated rings. The van der Waals surface area contributed by atoms with Crippen molar-refractivity contribution in [2.45, 2.75) is 65.6 Å². The van der Waals surface area contributed by atoms with E-state index in [9.17, 15) is 0 Å². The first-order chi connectivity index (χ1) is 10.1. The Labute approximate surface area is 130 Å². The highest BCUT2D eigenvalue weighted by molar-refractivity contribution is 4.54. The number of aliphatic hydroxyl groups is 2. The zero-order valence-corrected chi connectivity index (χ0v) is 14.3. The second-order valence-electron chi connectivity index (χ2n) is 5.01. The van der Waals surface area contributed by atoms with E-state index >= 15 is 0 Å². The van der Waals surface area contributed by atoms with E-state index < -0.39 is 0 Å². The Kier molecular flexibility index (Phi) is 21.8. The fourth-order valence-electron chi connectivity index (χ4n) is 1.80. The van der Waals surface area contributed by atoms with Gasteiger partial charge in [-0.15, -0.1) is 0 Å². The highest BCUT2D eigenvalue weighted by Gasteiger charge is 2.05. The van der Waals surface area contributed by atoms with E-state index in [2.05, 4.69) is 27.7 Å². The van der Waals surface area contributed by atoms with Crippen LogP contribution in [0.5, 0.6) is 0 Å². The van der Waals surface area contributed by atoms with E-state index in [1.807, 2.05) is 0 Å². The van der Waals surface area contributed by atoms with Gasteiger partial charge in [0.05, 0.1) is 51.8 Å². The molecule has 0 saturated carbocycles. The van der Waals surface area contributed by atoms with Crippen LogP contribution in [0.15, 0.2) is 0 Å². The van der Waals surface area contributed by atoms with Crippen LogP contribution in [0.3, 0.4) is 0 Å². The first-order valence-corrected chi connectivity index (χ1v) is 8.14. The molecule has 0 aromatic rings. The SMILES string of the molecule is CCCC(C)OC(C)CCC.OCCOCCOCCO. The van der Waals surface area contributed by atoms with Crippen molar-refractivity contribution < 1.29 is 24.4 Å².